The first-order valence-corrected chi connectivity index (χ1v) is 4.91. The molecule has 0 aromatic rings. The molecule has 0 aliphatic carbocycles. The van der Waals surface area contributed by atoms with Crippen molar-refractivity contribution in [2.75, 3.05) is 26.7 Å². The quantitative estimate of drug-likeness (QED) is 0.387. The Labute approximate surface area is 85.3 Å². The zero-order valence-electron chi connectivity index (χ0n) is 9.13. The van der Waals surface area contributed by atoms with Gasteiger partial charge in [-0.25, -0.2) is 0 Å². The van der Waals surface area contributed by atoms with Gasteiger partial charge in [-0.3, -0.25) is 4.79 Å². The molecule has 0 unspecified atom stereocenters. The largest absolute Gasteiger partial charge is 0.394 e. The second-order valence-electron chi connectivity index (χ2n) is 3.42. The lowest BCUT2D eigenvalue weighted by Gasteiger charge is -2.14. The number of likely N-dealkylation sites (N-methyl/N-ethyl adjacent to an activating group) is 1. The predicted molar refractivity (Wildman–Crippen MR) is 56.1 cm³/mol. The third-order valence-electron chi connectivity index (χ3n) is 1.82. The van der Waals surface area contributed by atoms with Gasteiger partial charge in [0.2, 0.25) is 5.91 Å². The van der Waals surface area contributed by atoms with Gasteiger partial charge < -0.3 is 21.1 Å². The van der Waals surface area contributed by atoms with Crippen LogP contribution in [0.1, 0.15) is 13.8 Å². The minimum absolute atomic E-state index is 0.166. The van der Waals surface area contributed by atoms with Crippen LogP contribution in [0.4, 0.5) is 0 Å². The average molecular weight is 203 g/mol. The SMILES string of the molecule is CN[C@H](CO)C(=O)NCCNC(C)C. The van der Waals surface area contributed by atoms with Crippen LogP contribution >= 0.6 is 0 Å². The Bertz CT molecular complexity index is 158. The Morgan fingerprint density at radius 1 is 1.36 bits per heavy atom. The number of carbonyl (C=O) groups excluding carboxylic acids is 1. The average Bonchev–Trinajstić information content (AvgIpc) is 2.14. The molecule has 1 amide bonds. The molecule has 0 saturated heterocycles. The van der Waals surface area contributed by atoms with Crippen LogP contribution in [0, 0.1) is 0 Å². The first-order valence-electron chi connectivity index (χ1n) is 4.91. The molecule has 0 radical (unpaired) electrons. The van der Waals surface area contributed by atoms with Crippen LogP contribution in [-0.2, 0) is 4.79 Å². The molecule has 1 atom stereocenters. The highest BCUT2D eigenvalue weighted by Gasteiger charge is 2.13. The summed E-state index contributed by atoms with van der Waals surface area (Å²) in [5, 5.41) is 17.4. The minimum atomic E-state index is -0.506. The van der Waals surface area contributed by atoms with Gasteiger partial charge in [-0.05, 0) is 7.05 Å². The second kappa shape index (κ2) is 7.73. The van der Waals surface area contributed by atoms with E-state index in [4.69, 9.17) is 5.11 Å². The summed E-state index contributed by atoms with van der Waals surface area (Å²) in [6.45, 7) is 5.23. The van der Waals surface area contributed by atoms with E-state index in [1.165, 1.54) is 0 Å². The first kappa shape index (κ1) is 13.4. The smallest absolute Gasteiger partial charge is 0.239 e. The normalized spacial score (nSPS) is 12.9. The van der Waals surface area contributed by atoms with Crippen molar-refractivity contribution in [1.29, 1.82) is 0 Å². The molecule has 0 aromatic carbocycles. The van der Waals surface area contributed by atoms with Crippen LogP contribution in [0.2, 0.25) is 0 Å². The van der Waals surface area contributed by atoms with Gasteiger partial charge in [0, 0.05) is 19.1 Å². The number of aliphatic hydroxyl groups is 1. The van der Waals surface area contributed by atoms with E-state index in [1.807, 2.05) is 13.8 Å². The molecule has 0 heterocycles. The van der Waals surface area contributed by atoms with Crippen molar-refractivity contribution in [2.24, 2.45) is 0 Å². The fraction of sp³-hybridized carbons (Fsp3) is 0.889. The van der Waals surface area contributed by atoms with Gasteiger partial charge in [0.05, 0.1) is 6.61 Å². The lowest BCUT2D eigenvalue weighted by molar-refractivity contribution is -0.123. The second-order valence-corrected chi connectivity index (χ2v) is 3.42. The lowest BCUT2D eigenvalue weighted by Crippen LogP contribution is -2.46. The minimum Gasteiger partial charge on any atom is -0.394 e. The summed E-state index contributed by atoms with van der Waals surface area (Å²) >= 11 is 0. The van der Waals surface area contributed by atoms with Crippen molar-refractivity contribution in [1.82, 2.24) is 16.0 Å². The van der Waals surface area contributed by atoms with Crippen molar-refractivity contribution in [3.8, 4) is 0 Å². The van der Waals surface area contributed by atoms with Crippen LogP contribution in [0.3, 0.4) is 0 Å². The molecule has 0 saturated carbocycles. The van der Waals surface area contributed by atoms with Gasteiger partial charge >= 0.3 is 0 Å². The summed E-state index contributed by atoms with van der Waals surface area (Å²) in [5.41, 5.74) is 0. The summed E-state index contributed by atoms with van der Waals surface area (Å²) in [7, 11) is 1.65. The first-order chi connectivity index (χ1) is 6.61. The molecule has 4 N–H and O–H groups in total. The highest BCUT2D eigenvalue weighted by molar-refractivity contribution is 5.81. The molecule has 0 fully saturated rings. The van der Waals surface area contributed by atoms with E-state index < -0.39 is 6.04 Å². The van der Waals surface area contributed by atoms with Crippen LogP contribution < -0.4 is 16.0 Å². The van der Waals surface area contributed by atoms with Crippen molar-refractivity contribution in [3.05, 3.63) is 0 Å². The van der Waals surface area contributed by atoms with Gasteiger partial charge in [0.1, 0.15) is 6.04 Å². The molecule has 0 aliphatic heterocycles. The number of amides is 1. The molecular formula is C9H21N3O2. The fourth-order valence-electron chi connectivity index (χ4n) is 0.975. The van der Waals surface area contributed by atoms with E-state index >= 15 is 0 Å². The number of nitrogens with one attached hydrogen (secondary N) is 3. The Morgan fingerprint density at radius 3 is 2.43 bits per heavy atom. The van der Waals surface area contributed by atoms with Crippen molar-refractivity contribution >= 4 is 5.91 Å². The lowest BCUT2D eigenvalue weighted by atomic mass is 10.3. The zero-order chi connectivity index (χ0) is 11.0. The topological polar surface area (TPSA) is 73.4 Å². The number of hydrogen-bond donors (Lipinski definition) is 4. The molecule has 0 spiro atoms. The molecule has 0 rings (SSSR count). The van der Waals surface area contributed by atoms with E-state index in [0.29, 0.717) is 12.6 Å². The number of carbonyl (C=O) groups is 1. The zero-order valence-corrected chi connectivity index (χ0v) is 9.13. The Balaban J connectivity index is 3.52. The Morgan fingerprint density at radius 2 is 2.00 bits per heavy atom. The predicted octanol–water partition coefficient (Wildman–Crippen LogP) is -1.32. The van der Waals surface area contributed by atoms with Gasteiger partial charge in [-0.1, -0.05) is 13.8 Å². The summed E-state index contributed by atoms with van der Waals surface area (Å²) in [6, 6.07) is -0.0844. The summed E-state index contributed by atoms with van der Waals surface area (Å²) in [5.74, 6) is -0.166. The summed E-state index contributed by atoms with van der Waals surface area (Å²) in [4.78, 5) is 11.3. The van der Waals surface area contributed by atoms with E-state index in [1.54, 1.807) is 7.05 Å². The third-order valence-corrected chi connectivity index (χ3v) is 1.82. The Hall–Kier alpha value is -0.650. The van der Waals surface area contributed by atoms with Crippen molar-refractivity contribution < 1.29 is 9.90 Å². The molecule has 14 heavy (non-hydrogen) atoms. The molecule has 0 aliphatic rings. The third kappa shape index (κ3) is 5.90. The van der Waals surface area contributed by atoms with E-state index in [0.717, 1.165) is 6.54 Å². The summed E-state index contributed by atoms with van der Waals surface area (Å²) in [6.07, 6.45) is 0. The van der Waals surface area contributed by atoms with E-state index in [9.17, 15) is 4.79 Å². The maximum Gasteiger partial charge on any atom is 0.239 e. The number of rotatable bonds is 7. The van der Waals surface area contributed by atoms with Gasteiger partial charge in [-0.2, -0.15) is 0 Å². The number of hydrogen-bond acceptors (Lipinski definition) is 4. The van der Waals surface area contributed by atoms with Crippen LogP contribution in [0.5, 0.6) is 0 Å². The van der Waals surface area contributed by atoms with Crippen LogP contribution in [-0.4, -0.2) is 49.8 Å². The van der Waals surface area contributed by atoms with E-state index in [2.05, 4.69) is 16.0 Å². The molecule has 84 valence electrons. The molecular weight excluding hydrogens is 182 g/mol. The number of aliphatic hydroxyl groups excluding tert-OH is 1. The Kier molecular flexibility index (Phi) is 7.37. The maximum atomic E-state index is 11.3. The van der Waals surface area contributed by atoms with Gasteiger partial charge in [0.25, 0.3) is 0 Å². The van der Waals surface area contributed by atoms with Crippen LogP contribution in [0.15, 0.2) is 0 Å². The molecule has 5 heteroatoms. The summed E-state index contributed by atoms with van der Waals surface area (Å²) < 4.78 is 0. The fourth-order valence-corrected chi connectivity index (χ4v) is 0.975. The molecule has 0 aromatic heterocycles. The highest BCUT2D eigenvalue weighted by Crippen LogP contribution is 1.80. The van der Waals surface area contributed by atoms with Crippen LogP contribution in [0.25, 0.3) is 0 Å². The maximum absolute atomic E-state index is 11.3. The van der Waals surface area contributed by atoms with Crippen molar-refractivity contribution in [3.63, 3.8) is 0 Å². The van der Waals surface area contributed by atoms with Crippen molar-refractivity contribution in [2.45, 2.75) is 25.9 Å². The van der Waals surface area contributed by atoms with Gasteiger partial charge in [-0.15, -0.1) is 0 Å². The molecule has 0 bridgehead atoms. The van der Waals surface area contributed by atoms with Gasteiger partial charge in [0.15, 0.2) is 0 Å². The monoisotopic (exact) mass is 203 g/mol. The standard InChI is InChI=1S/C9H21N3O2/c1-7(2)11-4-5-12-9(14)8(6-13)10-3/h7-8,10-11,13H,4-6H2,1-3H3,(H,12,14)/t8-/m1/s1. The highest BCUT2D eigenvalue weighted by atomic mass is 16.3. The molecule has 5 nitrogen and oxygen atoms in total. The van der Waals surface area contributed by atoms with E-state index in [-0.39, 0.29) is 12.5 Å².